The summed E-state index contributed by atoms with van der Waals surface area (Å²) in [5.74, 6) is -2.79. The molecule has 3 aromatic rings. The van der Waals surface area contributed by atoms with Crippen LogP contribution in [0.25, 0.3) is 0 Å². The number of hydrogen-bond donors (Lipinski definition) is 0. The first-order valence-corrected chi connectivity index (χ1v) is 19.8. The lowest BCUT2D eigenvalue weighted by molar-refractivity contribution is -0.217. The molecule has 0 amide bonds. The highest BCUT2D eigenvalue weighted by atomic mass is 17.2. The molecule has 0 aliphatic heterocycles. The van der Waals surface area contributed by atoms with E-state index in [0.717, 1.165) is 50.1 Å². The van der Waals surface area contributed by atoms with E-state index >= 15 is 0 Å². The summed E-state index contributed by atoms with van der Waals surface area (Å²) in [5, 5.41) is 0. The van der Waals surface area contributed by atoms with E-state index in [1.54, 1.807) is 48.5 Å². The topological polar surface area (TPSA) is 185 Å². The lowest BCUT2D eigenvalue weighted by Crippen LogP contribution is -2.40. The molecule has 3 rings (SSSR count). The lowest BCUT2D eigenvalue weighted by Gasteiger charge is -2.30. The monoisotopic (exact) mass is 850 g/mol. The van der Waals surface area contributed by atoms with Gasteiger partial charge in [-0.05, 0) is 194 Å². The Labute approximate surface area is 357 Å². The van der Waals surface area contributed by atoms with Gasteiger partial charge >= 0.3 is 36.4 Å². The van der Waals surface area contributed by atoms with Crippen LogP contribution in [0.3, 0.4) is 0 Å². The van der Waals surface area contributed by atoms with Gasteiger partial charge in [0.15, 0.2) is 0 Å². The minimum Gasteiger partial charge on any atom is -0.431 e. The Morgan fingerprint density at radius 2 is 0.525 bits per heavy atom. The molecule has 0 saturated carbocycles. The van der Waals surface area contributed by atoms with Crippen LogP contribution in [0, 0.1) is 109 Å². The van der Waals surface area contributed by atoms with Crippen LogP contribution in [0.2, 0.25) is 0 Å². The fourth-order valence-electron chi connectivity index (χ4n) is 7.34. The maximum absolute atomic E-state index is 13.1. The van der Waals surface area contributed by atoms with Gasteiger partial charge in [0.1, 0.15) is 19.8 Å². The molecule has 0 unspecified atom stereocenters. The van der Waals surface area contributed by atoms with Gasteiger partial charge in [-0.15, -0.1) is 0 Å². The molecule has 61 heavy (non-hydrogen) atoms. The van der Waals surface area contributed by atoms with Gasteiger partial charge in [-0.25, -0.2) is 43.7 Å². The van der Waals surface area contributed by atoms with Crippen molar-refractivity contribution < 1.29 is 72.3 Å². The predicted octanol–water partition coefficient (Wildman–Crippen LogP) is 10.2. The van der Waals surface area contributed by atoms with E-state index < -0.39 is 61.6 Å². The van der Waals surface area contributed by atoms with Gasteiger partial charge in [0.05, 0.1) is 22.1 Å². The third-order valence-corrected chi connectivity index (χ3v) is 12.4. The lowest BCUT2D eigenvalue weighted by atomic mass is 9.86. The Bertz CT molecular complexity index is 1920. The second kappa shape index (κ2) is 20.4. The molecular formula is C46H58O15. The first-order chi connectivity index (χ1) is 28.4. The summed E-state index contributed by atoms with van der Waals surface area (Å²) in [7, 11) is 0. The summed E-state index contributed by atoms with van der Waals surface area (Å²) in [6, 6.07) is 0. The zero-order valence-electron chi connectivity index (χ0n) is 38.2. The van der Waals surface area contributed by atoms with Gasteiger partial charge in [-0.2, -0.15) is 14.4 Å². The molecule has 0 bridgehead atoms. The molecule has 332 valence electrons. The van der Waals surface area contributed by atoms with Crippen molar-refractivity contribution in [2.45, 2.75) is 124 Å². The largest absolute Gasteiger partial charge is 0.549 e. The molecule has 0 saturated heterocycles. The van der Waals surface area contributed by atoms with E-state index in [0.29, 0.717) is 39.8 Å². The van der Waals surface area contributed by atoms with Crippen molar-refractivity contribution >= 4 is 36.4 Å². The second-order valence-corrected chi connectivity index (χ2v) is 15.7. The molecule has 15 nitrogen and oxygen atoms in total. The van der Waals surface area contributed by atoms with Crippen LogP contribution < -0.4 is 0 Å². The first-order valence-electron chi connectivity index (χ1n) is 19.8. The SMILES string of the molecule is CCCC(COC(=O)OOC(=O)c1c(C)c(C)c(C)c(C)c1C)(COC(=O)OOC(=O)c1c(C)c(C)c(C)c(C)c1C)COC(=O)OOC(=O)c1c(C)c(C)c(C)c(C)c1C. The van der Waals surface area contributed by atoms with Crippen LogP contribution >= 0.6 is 0 Å². The van der Waals surface area contributed by atoms with Crippen molar-refractivity contribution in [1.82, 2.24) is 0 Å². The molecule has 3 aromatic carbocycles. The van der Waals surface area contributed by atoms with Crippen LogP contribution in [0.15, 0.2) is 0 Å². The Balaban J connectivity index is 1.78. The number of carbonyl (C=O) groups is 6. The molecule has 0 N–H and O–H groups in total. The second-order valence-electron chi connectivity index (χ2n) is 15.7. The molecule has 0 fully saturated rings. The van der Waals surface area contributed by atoms with Crippen molar-refractivity contribution in [3.05, 3.63) is 100 Å². The van der Waals surface area contributed by atoms with Crippen molar-refractivity contribution in [2.75, 3.05) is 19.8 Å². The molecular weight excluding hydrogens is 792 g/mol. The van der Waals surface area contributed by atoms with Crippen LogP contribution in [0.5, 0.6) is 0 Å². The summed E-state index contributed by atoms with van der Waals surface area (Å²) < 4.78 is 15.9. The van der Waals surface area contributed by atoms with Crippen molar-refractivity contribution in [2.24, 2.45) is 5.41 Å². The molecule has 0 aromatic heterocycles. The smallest absolute Gasteiger partial charge is 0.431 e. The number of carbonyl (C=O) groups excluding carboxylic acids is 6. The van der Waals surface area contributed by atoms with E-state index in [1.165, 1.54) is 0 Å². The molecule has 0 heterocycles. The van der Waals surface area contributed by atoms with Crippen molar-refractivity contribution in [3.63, 3.8) is 0 Å². The Morgan fingerprint density at radius 1 is 0.328 bits per heavy atom. The summed E-state index contributed by atoms with van der Waals surface area (Å²) in [4.78, 5) is 106. The van der Waals surface area contributed by atoms with Gasteiger partial charge in [-0.1, -0.05) is 13.3 Å². The standard InChI is InChI=1S/C46H58O15/c1-17-18-46(19-53-43(50)59-56-40(47)37-31(11)25(5)22(2)26(6)32(37)12,20-54-44(51)60-57-41(48)38-33(13)27(7)23(3)28(8)34(38)14)21-55-45(52)61-58-42(49)39-35(15)29(9)24(4)30(10)36(39)16/h17-21H2,1-16H3. The minimum absolute atomic E-state index is 0.0706. The number of ether oxygens (including phenoxy) is 3. The average molecular weight is 851 g/mol. The van der Waals surface area contributed by atoms with Gasteiger partial charge in [-0.3, -0.25) is 0 Å². The molecule has 0 atom stereocenters. The Hall–Kier alpha value is -6.12. The normalized spacial score (nSPS) is 11.0. The molecule has 0 aliphatic rings. The summed E-state index contributed by atoms with van der Waals surface area (Å²) in [6.45, 7) is 27.3. The first kappa shape index (κ1) is 49.2. The average Bonchev–Trinajstić information content (AvgIpc) is 3.23. The molecule has 15 heteroatoms. The summed E-state index contributed by atoms with van der Waals surface area (Å²) in [6.07, 6.45) is -3.90. The fourth-order valence-corrected chi connectivity index (χ4v) is 7.34. The maximum atomic E-state index is 13.1. The van der Waals surface area contributed by atoms with Crippen LogP contribution in [0.1, 0.15) is 134 Å². The van der Waals surface area contributed by atoms with E-state index in [2.05, 4.69) is 0 Å². The van der Waals surface area contributed by atoms with E-state index in [9.17, 15) is 28.8 Å². The van der Waals surface area contributed by atoms with Crippen LogP contribution in [0.4, 0.5) is 14.4 Å². The van der Waals surface area contributed by atoms with Crippen molar-refractivity contribution in [3.8, 4) is 0 Å². The zero-order valence-corrected chi connectivity index (χ0v) is 38.2. The van der Waals surface area contributed by atoms with E-state index in [1.807, 2.05) is 62.3 Å². The third-order valence-electron chi connectivity index (χ3n) is 12.4. The van der Waals surface area contributed by atoms with Gasteiger partial charge in [0, 0.05) is 0 Å². The maximum Gasteiger partial charge on any atom is 0.549 e. The van der Waals surface area contributed by atoms with Crippen LogP contribution in [-0.2, 0) is 43.5 Å². The van der Waals surface area contributed by atoms with Gasteiger partial charge in [0.2, 0.25) is 0 Å². The zero-order chi connectivity index (χ0) is 46.3. The van der Waals surface area contributed by atoms with Crippen LogP contribution in [-0.4, -0.2) is 56.2 Å². The van der Waals surface area contributed by atoms with E-state index in [4.69, 9.17) is 43.5 Å². The summed E-state index contributed by atoms with van der Waals surface area (Å²) in [5.41, 5.74) is 11.3. The molecule has 0 spiro atoms. The Kier molecular flexibility index (Phi) is 16.5. The van der Waals surface area contributed by atoms with Gasteiger partial charge < -0.3 is 14.2 Å². The highest BCUT2D eigenvalue weighted by Gasteiger charge is 2.37. The minimum atomic E-state index is -1.53. The van der Waals surface area contributed by atoms with Gasteiger partial charge in [0.25, 0.3) is 0 Å². The Morgan fingerprint density at radius 3 is 0.721 bits per heavy atom. The number of benzene rings is 3. The third kappa shape index (κ3) is 11.0. The number of rotatable bonds is 11. The fraction of sp³-hybridized carbons (Fsp3) is 0.478. The number of hydrogen-bond acceptors (Lipinski definition) is 15. The van der Waals surface area contributed by atoms with E-state index in [-0.39, 0.29) is 23.1 Å². The highest BCUT2D eigenvalue weighted by molar-refractivity contribution is 5.95. The summed E-state index contributed by atoms with van der Waals surface area (Å²) >= 11 is 0. The predicted molar refractivity (Wildman–Crippen MR) is 221 cm³/mol. The quantitative estimate of drug-likeness (QED) is 0.0767. The highest BCUT2D eigenvalue weighted by Crippen LogP contribution is 2.31. The molecule has 0 aliphatic carbocycles. The van der Waals surface area contributed by atoms with Crippen molar-refractivity contribution in [1.29, 1.82) is 0 Å². The molecule has 0 radical (unpaired) electrons.